The molecule has 0 amide bonds. The topological polar surface area (TPSA) is 0 Å². The second-order valence-electron chi connectivity index (χ2n) is 7.17. The molecule has 4 aromatic carbocycles. The van der Waals surface area contributed by atoms with Gasteiger partial charge in [-0.2, -0.15) is 5.19 Å². The SMILES string of the molecule is C[Si](C)c1c(C2c3ccccc3-c3ccccc32)[cH-]c2ccccc12.[Cl-].[Cl-].[Zr+3]. The Morgan fingerprint density at radius 3 is 1.79 bits per heavy atom. The summed E-state index contributed by atoms with van der Waals surface area (Å²) < 4.78 is 0. The van der Waals surface area contributed by atoms with Crippen LogP contribution in [0.5, 0.6) is 0 Å². The van der Waals surface area contributed by atoms with Crippen LogP contribution in [0.4, 0.5) is 0 Å². The van der Waals surface area contributed by atoms with E-state index in [0.29, 0.717) is 5.92 Å². The van der Waals surface area contributed by atoms with Gasteiger partial charge in [-0.05, 0) is 22.3 Å². The molecule has 0 bridgehead atoms. The third-order valence-electron chi connectivity index (χ3n) is 5.47. The third kappa shape index (κ3) is 3.50. The van der Waals surface area contributed by atoms with Crippen molar-refractivity contribution in [2.45, 2.75) is 19.0 Å². The monoisotopic (exact) mass is 496 g/mol. The maximum Gasteiger partial charge on any atom is 3.00 e. The molecule has 0 unspecified atom stereocenters. The fourth-order valence-corrected chi connectivity index (χ4v) is 6.08. The molecule has 4 heteroatoms. The van der Waals surface area contributed by atoms with Gasteiger partial charge in [-0.25, -0.2) is 0 Å². The van der Waals surface area contributed by atoms with E-state index in [1.54, 1.807) is 5.19 Å². The van der Waals surface area contributed by atoms with Gasteiger partial charge in [0.1, 0.15) is 0 Å². The summed E-state index contributed by atoms with van der Waals surface area (Å²) in [5, 5.41) is 4.45. The van der Waals surface area contributed by atoms with Gasteiger partial charge in [-0.3, -0.25) is 0 Å². The Morgan fingerprint density at radius 1 is 0.714 bits per heavy atom. The molecule has 4 aromatic rings. The van der Waals surface area contributed by atoms with Crippen molar-refractivity contribution >= 4 is 24.8 Å². The van der Waals surface area contributed by atoms with Crippen molar-refractivity contribution in [3.8, 4) is 11.1 Å². The Bertz CT molecular complexity index is 1060. The van der Waals surface area contributed by atoms with E-state index in [9.17, 15) is 0 Å². The van der Waals surface area contributed by atoms with E-state index < -0.39 is 8.80 Å². The molecule has 0 saturated heterocycles. The molecule has 0 saturated carbocycles. The molecule has 28 heavy (non-hydrogen) atoms. The molecular weight excluding hydrogens is 478 g/mol. The maximum absolute atomic E-state index is 2.45. The summed E-state index contributed by atoms with van der Waals surface area (Å²) in [5.41, 5.74) is 7.25. The molecule has 1 aliphatic rings. The Hall–Kier alpha value is -1.05. The zero-order valence-corrected chi connectivity index (χ0v) is 20.8. The molecule has 0 N–H and O–H groups in total. The normalized spacial score (nSPS) is 12.0. The predicted molar refractivity (Wildman–Crippen MR) is 109 cm³/mol. The van der Waals surface area contributed by atoms with Gasteiger partial charge in [-0.1, -0.05) is 67.7 Å². The number of hydrogen-bond acceptors (Lipinski definition) is 0. The number of benzene rings is 3. The molecule has 0 aromatic heterocycles. The van der Waals surface area contributed by atoms with Gasteiger partial charge in [0, 0.05) is 14.7 Å². The van der Waals surface area contributed by atoms with Crippen LogP contribution in [0, 0.1) is 0 Å². The quantitative estimate of drug-likeness (QED) is 0.231. The first-order valence-electron chi connectivity index (χ1n) is 8.93. The number of fused-ring (bicyclic) bond motifs is 4. The van der Waals surface area contributed by atoms with Gasteiger partial charge in [-0.15, -0.1) is 40.6 Å². The van der Waals surface area contributed by atoms with E-state index in [1.165, 1.54) is 38.6 Å². The Morgan fingerprint density at radius 2 is 1.21 bits per heavy atom. The fraction of sp³-hybridized carbons (Fsp3) is 0.125. The van der Waals surface area contributed by atoms with Crippen molar-refractivity contribution in [2.24, 2.45) is 0 Å². The van der Waals surface area contributed by atoms with Crippen LogP contribution < -0.4 is 30.0 Å². The summed E-state index contributed by atoms with van der Waals surface area (Å²) in [7, 11) is -0.564. The van der Waals surface area contributed by atoms with Crippen LogP contribution in [0.25, 0.3) is 21.9 Å². The van der Waals surface area contributed by atoms with E-state index in [0.717, 1.165) is 0 Å². The summed E-state index contributed by atoms with van der Waals surface area (Å²) in [6.07, 6.45) is 0. The van der Waals surface area contributed by atoms with Crippen LogP contribution >= 0.6 is 0 Å². The Balaban J connectivity index is 0.000000934. The Labute approximate surface area is 200 Å². The van der Waals surface area contributed by atoms with Crippen molar-refractivity contribution in [1.29, 1.82) is 0 Å². The summed E-state index contributed by atoms with van der Waals surface area (Å²) in [4.78, 5) is 0. The third-order valence-corrected chi connectivity index (χ3v) is 7.03. The zero-order chi connectivity index (χ0) is 17.0. The van der Waals surface area contributed by atoms with Crippen LogP contribution in [-0.2, 0) is 26.2 Å². The molecule has 0 nitrogen and oxygen atoms in total. The largest absolute Gasteiger partial charge is 3.00 e. The van der Waals surface area contributed by atoms with Crippen molar-refractivity contribution in [3.63, 3.8) is 0 Å². The smallest absolute Gasteiger partial charge is 1.00 e. The van der Waals surface area contributed by atoms with Crippen LogP contribution in [0.2, 0.25) is 13.1 Å². The van der Waals surface area contributed by atoms with E-state index >= 15 is 0 Å². The summed E-state index contributed by atoms with van der Waals surface area (Å²) in [5.74, 6) is 0.370. The molecule has 2 radical (unpaired) electrons. The maximum atomic E-state index is 2.45. The van der Waals surface area contributed by atoms with Crippen LogP contribution in [0.1, 0.15) is 22.6 Å². The minimum absolute atomic E-state index is 0. The van der Waals surface area contributed by atoms with Crippen LogP contribution in [0.15, 0.2) is 78.9 Å². The zero-order valence-electron chi connectivity index (χ0n) is 15.8. The van der Waals surface area contributed by atoms with Crippen molar-refractivity contribution < 1.29 is 51.0 Å². The van der Waals surface area contributed by atoms with Gasteiger partial charge < -0.3 is 24.8 Å². The summed E-state index contributed by atoms with van der Waals surface area (Å²) in [6, 6.07) is 29.2. The van der Waals surface area contributed by atoms with Gasteiger partial charge in [0.05, 0.1) is 0 Å². The van der Waals surface area contributed by atoms with E-state index in [1.807, 2.05) is 0 Å². The molecule has 0 heterocycles. The number of rotatable bonds is 2. The summed E-state index contributed by atoms with van der Waals surface area (Å²) in [6.45, 7) is 4.84. The molecule has 0 atom stereocenters. The van der Waals surface area contributed by atoms with Gasteiger partial charge in [0.15, 0.2) is 0 Å². The molecule has 0 fully saturated rings. The molecule has 1 aliphatic carbocycles. The summed E-state index contributed by atoms with van der Waals surface area (Å²) >= 11 is 0. The second kappa shape index (κ2) is 9.18. The van der Waals surface area contributed by atoms with Gasteiger partial charge in [0.2, 0.25) is 0 Å². The first-order chi connectivity index (χ1) is 12.3. The van der Waals surface area contributed by atoms with Crippen LogP contribution in [0.3, 0.4) is 0 Å². The predicted octanol–water partition coefficient (Wildman–Crippen LogP) is -0.314. The molecule has 5 rings (SSSR count). The minimum Gasteiger partial charge on any atom is -1.00 e. The number of halogens is 2. The van der Waals surface area contributed by atoms with Crippen molar-refractivity contribution in [1.82, 2.24) is 0 Å². The second-order valence-corrected chi connectivity index (χ2v) is 9.67. The van der Waals surface area contributed by atoms with Gasteiger partial charge >= 0.3 is 26.2 Å². The van der Waals surface area contributed by atoms with Crippen molar-refractivity contribution in [3.05, 3.63) is 95.6 Å². The minimum atomic E-state index is -0.564. The average molecular weight is 499 g/mol. The van der Waals surface area contributed by atoms with E-state index in [2.05, 4.69) is 92.0 Å². The van der Waals surface area contributed by atoms with Crippen molar-refractivity contribution in [2.75, 3.05) is 0 Å². The molecule has 0 aliphatic heterocycles. The molecule has 138 valence electrons. The Kier molecular flexibility index (Phi) is 7.62. The molecule has 0 spiro atoms. The van der Waals surface area contributed by atoms with E-state index in [4.69, 9.17) is 0 Å². The van der Waals surface area contributed by atoms with Gasteiger partial charge in [0.25, 0.3) is 0 Å². The fourth-order valence-electron chi connectivity index (χ4n) is 4.52. The number of hydrogen-bond donors (Lipinski definition) is 0. The average Bonchev–Trinajstić information content (AvgIpc) is 3.17. The van der Waals surface area contributed by atoms with Crippen LogP contribution in [-0.4, -0.2) is 8.80 Å². The first-order valence-corrected chi connectivity index (χ1v) is 11.4. The molecular formula is C24H20Cl2SiZr. The first kappa shape index (κ1) is 23.2. The standard InChI is InChI=1S/C24H20Si.2ClH.Zr/c1-25(2)24-17-10-4-3-9-16(17)15-22(24)23-20-13-7-5-11-18(20)19-12-6-8-14-21(19)23;;;/h3-15,23H,1-2H3;2*1H;/q-1;;;+3/p-2. The van der Waals surface area contributed by atoms with E-state index in [-0.39, 0.29) is 51.0 Å².